The Morgan fingerprint density at radius 2 is 1.74 bits per heavy atom. The number of nitrogens with zero attached hydrogens (tertiary/aromatic N) is 1. The van der Waals surface area contributed by atoms with Crippen molar-refractivity contribution >= 4 is 46.9 Å². The summed E-state index contributed by atoms with van der Waals surface area (Å²) in [5, 5.41) is 6.86. The van der Waals surface area contributed by atoms with E-state index in [0.29, 0.717) is 0 Å². The van der Waals surface area contributed by atoms with E-state index < -0.39 is 36.0 Å². The summed E-state index contributed by atoms with van der Waals surface area (Å²) in [5.74, 6) is -2.91. The number of thiophene rings is 1. The van der Waals surface area contributed by atoms with E-state index in [1.165, 1.54) is 27.1 Å². The second-order valence-corrected chi connectivity index (χ2v) is 10.8. The van der Waals surface area contributed by atoms with Crippen LogP contribution in [0.2, 0.25) is 0 Å². The molecule has 0 aromatic carbocycles. The third kappa shape index (κ3) is 11.9. The molecule has 42 heavy (non-hydrogen) atoms. The molecule has 2 aliphatic rings. The van der Waals surface area contributed by atoms with Crippen molar-refractivity contribution in [2.75, 3.05) is 19.6 Å². The Hall–Kier alpha value is -3.37. The molecule has 230 valence electrons. The molecule has 0 radical (unpaired) electrons. The quantitative estimate of drug-likeness (QED) is 0.316. The number of thioether (sulfide) groups is 1. The number of allylic oxidation sites excluding steroid dienone is 5. The van der Waals surface area contributed by atoms with Crippen molar-refractivity contribution < 1.29 is 28.7 Å². The molecule has 3 rings (SSSR count). The lowest BCUT2D eigenvalue weighted by Gasteiger charge is -2.28. The fourth-order valence-electron chi connectivity index (χ4n) is 3.92. The lowest BCUT2D eigenvalue weighted by atomic mass is 10.1. The second kappa shape index (κ2) is 19.7. The summed E-state index contributed by atoms with van der Waals surface area (Å²) < 4.78 is 10.5. The number of hydrogen-bond donors (Lipinski definition) is 1. The Balaban J connectivity index is 0.00000211. The molecule has 2 aliphatic heterocycles. The van der Waals surface area contributed by atoms with Gasteiger partial charge in [0.15, 0.2) is 0 Å². The van der Waals surface area contributed by atoms with E-state index in [-0.39, 0.29) is 19.6 Å². The van der Waals surface area contributed by atoms with Gasteiger partial charge in [-0.25, -0.2) is 0 Å². The number of hydrogen-bond acceptors (Lipinski definition) is 8. The molecular weight excluding hydrogens is 572 g/mol. The third-order valence-electron chi connectivity index (χ3n) is 5.75. The molecule has 10 heteroatoms. The van der Waals surface area contributed by atoms with Crippen LogP contribution in [0.3, 0.4) is 0 Å². The predicted octanol–water partition coefficient (Wildman–Crippen LogP) is 6.13. The van der Waals surface area contributed by atoms with Gasteiger partial charge in [0.1, 0.15) is 0 Å². The number of rotatable bonds is 10. The van der Waals surface area contributed by atoms with E-state index in [1.807, 2.05) is 65.0 Å². The average molecular weight is 617 g/mol. The van der Waals surface area contributed by atoms with Crippen LogP contribution >= 0.6 is 23.1 Å². The van der Waals surface area contributed by atoms with Crippen molar-refractivity contribution in [3.05, 3.63) is 80.3 Å². The standard InChI is InChI=1S/C28H32N2O6S2.2C2H6/c1-5-6-8-22-16-30(15-18(22)2)28(34)26(36-20(4)32)25(35-19(3)31)27(33)29-14-24-11-10-21(17-38-24)13-23-9-7-12-37-23;2*1-2/h5-9,11-12,17,25-26H,2,10,13-16H2,1,3-4H3,(H,29,33);2*1-2H3/b6-5-,22-8-;;/t25-,26?;;/m1../s1. The first-order valence-corrected chi connectivity index (χ1v) is 15.9. The van der Waals surface area contributed by atoms with E-state index in [9.17, 15) is 19.2 Å². The molecular formula is C32H44N2O6S2. The van der Waals surface area contributed by atoms with Crippen LogP contribution in [0, 0.1) is 0 Å². The number of carbonyl (C=O) groups is 4. The molecule has 0 bridgehead atoms. The lowest BCUT2D eigenvalue weighted by Crippen LogP contribution is -2.53. The van der Waals surface area contributed by atoms with Gasteiger partial charge in [-0.15, -0.1) is 23.1 Å². The van der Waals surface area contributed by atoms with Gasteiger partial charge in [-0.1, -0.05) is 70.2 Å². The van der Waals surface area contributed by atoms with Crippen LogP contribution in [-0.2, 0) is 35.1 Å². The zero-order chi connectivity index (χ0) is 31.7. The van der Waals surface area contributed by atoms with Crippen LogP contribution in [-0.4, -0.2) is 60.5 Å². The normalized spacial score (nSPS) is 16.7. The summed E-state index contributed by atoms with van der Waals surface area (Å²) in [7, 11) is 0. The highest BCUT2D eigenvalue weighted by Crippen LogP contribution is 2.29. The summed E-state index contributed by atoms with van der Waals surface area (Å²) in [6.45, 7) is 16.8. The van der Waals surface area contributed by atoms with Crippen molar-refractivity contribution in [1.82, 2.24) is 10.2 Å². The number of amides is 2. The smallest absolute Gasteiger partial charge is 0.303 e. The van der Waals surface area contributed by atoms with Gasteiger partial charge in [-0.3, -0.25) is 19.2 Å². The molecule has 1 aromatic heterocycles. The highest BCUT2D eigenvalue weighted by Gasteiger charge is 2.42. The first kappa shape index (κ1) is 36.7. The Kier molecular flexibility index (Phi) is 17.2. The predicted molar refractivity (Wildman–Crippen MR) is 172 cm³/mol. The van der Waals surface area contributed by atoms with Gasteiger partial charge in [-0.2, -0.15) is 0 Å². The van der Waals surface area contributed by atoms with Gasteiger partial charge in [0.05, 0.1) is 0 Å². The van der Waals surface area contributed by atoms with Crippen molar-refractivity contribution in [1.29, 1.82) is 0 Å². The molecule has 0 saturated carbocycles. The zero-order valence-corrected chi connectivity index (χ0v) is 27.4. The topological polar surface area (TPSA) is 102 Å². The maximum absolute atomic E-state index is 13.4. The molecule has 2 amide bonds. The Morgan fingerprint density at radius 3 is 2.29 bits per heavy atom. The molecule has 1 N–H and O–H groups in total. The number of ether oxygens (including phenoxy) is 2. The first-order valence-electron chi connectivity index (χ1n) is 14.1. The Labute approximate surface area is 258 Å². The fraction of sp³-hybridized carbons (Fsp3) is 0.438. The molecule has 0 aliphatic carbocycles. The van der Waals surface area contributed by atoms with Gasteiger partial charge >= 0.3 is 11.9 Å². The average Bonchev–Trinajstić information content (AvgIpc) is 3.64. The number of carbonyl (C=O) groups excluding carboxylic acids is 4. The number of esters is 2. The Morgan fingerprint density at radius 1 is 1.07 bits per heavy atom. The summed E-state index contributed by atoms with van der Waals surface area (Å²) in [4.78, 5) is 54.0. The van der Waals surface area contributed by atoms with E-state index in [1.54, 1.807) is 11.3 Å². The molecule has 8 nitrogen and oxygen atoms in total. The van der Waals surface area contributed by atoms with Crippen LogP contribution < -0.4 is 5.32 Å². The maximum Gasteiger partial charge on any atom is 0.303 e. The molecule has 0 spiro atoms. The number of likely N-dealkylation sites (tertiary alicyclic amines) is 1. The molecule has 1 aromatic rings. The van der Waals surface area contributed by atoms with Gasteiger partial charge in [0.25, 0.3) is 11.8 Å². The summed E-state index contributed by atoms with van der Waals surface area (Å²) in [5.41, 5.74) is 2.86. The molecule has 2 atom stereocenters. The van der Waals surface area contributed by atoms with Crippen molar-refractivity contribution in [2.45, 2.75) is 73.5 Å². The monoisotopic (exact) mass is 616 g/mol. The van der Waals surface area contributed by atoms with E-state index in [2.05, 4.69) is 28.8 Å². The summed E-state index contributed by atoms with van der Waals surface area (Å²) in [6, 6.07) is 4.13. The van der Waals surface area contributed by atoms with Crippen molar-refractivity contribution in [3.63, 3.8) is 0 Å². The first-order chi connectivity index (χ1) is 20.2. The van der Waals surface area contributed by atoms with E-state index in [0.717, 1.165) is 42.7 Å². The number of nitrogens with one attached hydrogen (secondary N) is 1. The van der Waals surface area contributed by atoms with Crippen LogP contribution in [0.5, 0.6) is 0 Å². The minimum absolute atomic E-state index is 0.182. The van der Waals surface area contributed by atoms with Crippen LogP contribution in [0.1, 0.15) is 59.8 Å². The van der Waals surface area contributed by atoms with Gasteiger partial charge < -0.3 is 19.7 Å². The minimum atomic E-state index is -1.64. The van der Waals surface area contributed by atoms with Crippen molar-refractivity contribution in [2.24, 2.45) is 0 Å². The third-order valence-corrected chi connectivity index (χ3v) is 7.69. The molecule has 1 fully saturated rings. The second-order valence-electron chi connectivity index (χ2n) is 8.82. The van der Waals surface area contributed by atoms with Crippen molar-refractivity contribution in [3.8, 4) is 0 Å². The molecule has 1 unspecified atom stereocenters. The van der Waals surface area contributed by atoms with Crippen LogP contribution in [0.4, 0.5) is 0 Å². The fourth-order valence-corrected chi connectivity index (χ4v) is 5.51. The highest BCUT2D eigenvalue weighted by atomic mass is 32.2. The SMILES string of the molecule is C=C1CN(C(=O)C(OC(C)=O)[C@@H](OC(C)=O)C(=O)NCC2=CCC(Cc3cccs3)=CS2)C/C1=C/C=C\C.CC.CC. The molecule has 3 heterocycles. The Bertz CT molecular complexity index is 1200. The van der Waals surface area contributed by atoms with Crippen LogP contribution in [0.25, 0.3) is 0 Å². The van der Waals surface area contributed by atoms with Gasteiger partial charge in [-0.05, 0) is 41.3 Å². The van der Waals surface area contributed by atoms with Crippen LogP contribution in [0.15, 0.2) is 75.4 Å². The van der Waals surface area contributed by atoms with E-state index in [4.69, 9.17) is 9.47 Å². The maximum atomic E-state index is 13.4. The lowest BCUT2D eigenvalue weighted by molar-refractivity contribution is -0.177. The molecule has 1 saturated heterocycles. The minimum Gasteiger partial charge on any atom is -0.448 e. The largest absolute Gasteiger partial charge is 0.448 e. The zero-order valence-electron chi connectivity index (χ0n) is 25.7. The summed E-state index contributed by atoms with van der Waals surface area (Å²) in [6.07, 6.45) is 5.96. The van der Waals surface area contributed by atoms with E-state index >= 15 is 0 Å². The van der Waals surface area contributed by atoms with Gasteiger partial charge in [0, 0.05) is 49.7 Å². The van der Waals surface area contributed by atoms with Gasteiger partial charge in [0.2, 0.25) is 12.2 Å². The highest BCUT2D eigenvalue weighted by molar-refractivity contribution is 8.05. The summed E-state index contributed by atoms with van der Waals surface area (Å²) >= 11 is 3.23.